The summed E-state index contributed by atoms with van der Waals surface area (Å²) in [7, 11) is 0. The van der Waals surface area contributed by atoms with Crippen molar-refractivity contribution in [2.24, 2.45) is 0 Å². The minimum absolute atomic E-state index is 0.0121. The molecule has 0 bridgehead atoms. The molecular weight excluding hydrogens is 380 g/mol. The van der Waals surface area contributed by atoms with E-state index >= 15 is 0 Å². The minimum Gasteiger partial charge on any atom is -0.459 e. The Morgan fingerprint density at radius 1 is 1.03 bits per heavy atom. The van der Waals surface area contributed by atoms with Crippen molar-refractivity contribution in [2.45, 2.75) is 45.7 Å². The summed E-state index contributed by atoms with van der Waals surface area (Å²) >= 11 is 0. The molecule has 7 heteroatoms. The Labute approximate surface area is 178 Å². The summed E-state index contributed by atoms with van der Waals surface area (Å²) in [5.74, 6) is 0.798. The van der Waals surface area contributed by atoms with Gasteiger partial charge in [0.1, 0.15) is 11.3 Å². The van der Waals surface area contributed by atoms with E-state index in [-0.39, 0.29) is 23.4 Å². The Morgan fingerprint density at radius 2 is 1.67 bits per heavy atom. The standard InChI is InChI=1S/C23H34N4O3/c1-17(20-14-18-8-5-6-9-19(18)30-20)24-21(28)15-26-10-7-11-27(13-12-26)16-22(29)25-23(2,3)4/h5-6,8-9,14,17H,7,10-13,15-16H2,1-4H3,(H,24,28)(H,25,29)/t17-/m1/s1. The maximum atomic E-state index is 12.6. The first-order valence-corrected chi connectivity index (χ1v) is 10.7. The predicted octanol–water partition coefficient (Wildman–Crippen LogP) is 2.53. The maximum absolute atomic E-state index is 12.6. The van der Waals surface area contributed by atoms with Gasteiger partial charge in [-0.15, -0.1) is 0 Å². The third kappa shape index (κ3) is 6.57. The molecule has 1 aliphatic heterocycles. The summed E-state index contributed by atoms with van der Waals surface area (Å²) in [6.07, 6.45) is 0.940. The molecule has 1 saturated heterocycles. The van der Waals surface area contributed by atoms with E-state index in [1.54, 1.807) is 0 Å². The van der Waals surface area contributed by atoms with Gasteiger partial charge in [0.25, 0.3) is 0 Å². The van der Waals surface area contributed by atoms with Crippen LogP contribution in [-0.4, -0.2) is 66.4 Å². The monoisotopic (exact) mass is 414 g/mol. The van der Waals surface area contributed by atoms with Crippen LogP contribution in [0.4, 0.5) is 0 Å². The smallest absolute Gasteiger partial charge is 0.234 e. The fourth-order valence-corrected chi connectivity index (χ4v) is 3.78. The molecule has 164 valence electrons. The van der Waals surface area contributed by atoms with Gasteiger partial charge in [-0.2, -0.15) is 0 Å². The number of fused-ring (bicyclic) bond motifs is 1. The van der Waals surface area contributed by atoms with E-state index in [1.165, 1.54) is 0 Å². The van der Waals surface area contributed by atoms with Crippen LogP contribution in [0.3, 0.4) is 0 Å². The fraction of sp³-hybridized carbons (Fsp3) is 0.565. The Morgan fingerprint density at radius 3 is 2.30 bits per heavy atom. The van der Waals surface area contributed by atoms with E-state index in [4.69, 9.17) is 4.42 Å². The van der Waals surface area contributed by atoms with E-state index in [1.807, 2.05) is 58.0 Å². The summed E-state index contributed by atoms with van der Waals surface area (Å²) in [6, 6.07) is 9.63. The highest BCUT2D eigenvalue weighted by Crippen LogP contribution is 2.23. The van der Waals surface area contributed by atoms with Crippen molar-refractivity contribution in [3.05, 3.63) is 36.1 Å². The molecule has 2 N–H and O–H groups in total. The highest BCUT2D eigenvalue weighted by atomic mass is 16.3. The third-order valence-corrected chi connectivity index (χ3v) is 5.18. The molecule has 1 fully saturated rings. The number of hydrogen-bond acceptors (Lipinski definition) is 5. The Hall–Kier alpha value is -2.38. The summed E-state index contributed by atoms with van der Waals surface area (Å²) in [6.45, 7) is 11.9. The fourth-order valence-electron chi connectivity index (χ4n) is 3.78. The largest absolute Gasteiger partial charge is 0.459 e. The lowest BCUT2D eigenvalue weighted by atomic mass is 10.1. The molecule has 30 heavy (non-hydrogen) atoms. The molecule has 0 unspecified atom stereocenters. The molecule has 1 aliphatic rings. The van der Waals surface area contributed by atoms with E-state index in [2.05, 4.69) is 20.4 Å². The molecule has 0 spiro atoms. The van der Waals surface area contributed by atoms with Crippen LogP contribution >= 0.6 is 0 Å². The number of rotatable bonds is 6. The second-order valence-electron chi connectivity index (χ2n) is 9.18. The molecule has 0 saturated carbocycles. The average Bonchev–Trinajstić information content (AvgIpc) is 2.97. The lowest BCUT2D eigenvalue weighted by Gasteiger charge is -2.25. The van der Waals surface area contributed by atoms with Crippen LogP contribution in [0.1, 0.15) is 45.9 Å². The van der Waals surface area contributed by atoms with Crippen molar-refractivity contribution < 1.29 is 14.0 Å². The average molecular weight is 415 g/mol. The van der Waals surface area contributed by atoms with Gasteiger partial charge in [-0.1, -0.05) is 18.2 Å². The predicted molar refractivity (Wildman–Crippen MR) is 118 cm³/mol. The van der Waals surface area contributed by atoms with Crippen molar-refractivity contribution >= 4 is 22.8 Å². The molecular formula is C23H34N4O3. The van der Waals surface area contributed by atoms with Crippen LogP contribution in [0.2, 0.25) is 0 Å². The Kier molecular flexibility index (Phi) is 7.15. The van der Waals surface area contributed by atoms with Crippen molar-refractivity contribution in [2.75, 3.05) is 39.3 Å². The zero-order valence-electron chi connectivity index (χ0n) is 18.5. The summed E-state index contributed by atoms with van der Waals surface area (Å²) in [5.41, 5.74) is 0.612. The van der Waals surface area contributed by atoms with Crippen LogP contribution in [0.25, 0.3) is 11.0 Å². The SMILES string of the molecule is C[C@@H](NC(=O)CN1CCCN(CC(=O)NC(C)(C)C)CC1)c1cc2ccccc2o1. The third-order valence-electron chi connectivity index (χ3n) is 5.18. The van der Waals surface area contributed by atoms with E-state index in [0.29, 0.717) is 13.1 Å². The van der Waals surface area contributed by atoms with Gasteiger partial charge in [0.2, 0.25) is 11.8 Å². The number of benzene rings is 1. The molecule has 1 aromatic heterocycles. The first-order valence-electron chi connectivity index (χ1n) is 10.7. The summed E-state index contributed by atoms with van der Waals surface area (Å²) < 4.78 is 5.85. The Balaban J connectivity index is 1.45. The molecule has 2 aromatic rings. The zero-order valence-corrected chi connectivity index (χ0v) is 18.5. The molecule has 3 rings (SSSR count). The highest BCUT2D eigenvalue weighted by molar-refractivity contribution is 5.80. The zero-order chi connectivity index (χ0) is 21.7. The number of para-hydroxylation sites is 1. The highest BCUT2D eigenvalue weighted by Gasteiger charge is 2.22. The van der Waals surface area contributed by atoms with Crippen molar-refractivity contribution in [3.8, 4) is 0 Å². The number of nitrogens with one attached hydrogen (secondary N) is 2. The van der Waals surface area contributed by atoms with Crippen LogP contribution in [0.5, 0.6) is 0 Å². The van der Waals surface area contributed by atoms with Crippen molar-refractivity contribution in [3.63, 3.8) is 0 Å². The number of furan rings is 1. The Bertz CT molecular complexity index is 838. The second kappa shape index (κ2) is 9.62. The van der Waals surface area contributed by atoms with E-state index < -0.39 is 0 Å². The first-order chi connectivity index (χ1) is 14.2. The topological polar surface area (TPSA) is 77.8 Å². The van der Waals surface area contributed by atoms with Crippen molar-refractivity contribution in [1.29, 1.82) is 0 Å². The van der Waals surface area contributed by atoms with Gasteiger partial charge in [0.15, 0.2) is 0 Å². The van der Waals surface area contributed by atoms with Gasteiger partial charge in [0.05, 0.1) is 19.1 Å². The van der Waals surface area contributed by atoms with Gasteiger partial charge < -0.3 is 15.1 Å². The lowest BCUT2D eigenvalue weighted by molar-refractivity contribution is -0.124. The van der Waals surface area contributed by atoms with Crippen LogP contribution in [0, 0.1) is 0 Å². The lowest BCUT2D eigenvalue weighted by Crippen LogP contribution is -2.46. The number of amides is 2. The molecule has 1 atom stereocenters. The van der Waals surface area contributed by atoms with E-state index in [9.17, 15) is 9.59 Å². The molecule has 0 radical (unpaired) electrons. The summed E-state index contributed by atoms with van der Waals surface area (Å²) in [5, 5.41) is 7.09. The first kappa shape index (κ1) is 22.3. The normalized spacial score (nSPS) is 17.5. The van der Waals surface area contributed by atoms with Crippen LogP contribution in [-0.2, 0) is 9.59 Å². The van der Waals surface area contributed by atoms with Gasteiger partial charge in [-0.05, 0) is 59.3 Å². The van der Waals surface area contributed by atoms with Gasteiger partial charge >= 0.3 is 0 Å². The second-order valence-corrected chi connectivity index (χ2v) is 9.18. The van der Waals surface area contributed by atoms with Gasteiger partial charge in [-0.3, -0.25) is 19.4 Å². The molecule has 2 heterocycles. The molecule has 7 nitrogen and oxygen atoms in total. The van der Waals surface area contributed by atoms with Crippen molar-refractivity contribution in [1.82, 2.24) is 20.4 Å². The number of carbonyl (C=O) groups excluding carboxylic acids is 2. The number of carbonyl (C=O) groups is 2. The maximum Gasteiger partial charge on any atom is 0.234 e. The molecule has 1 aromatic carbocycles. The van der Waals surface area contributed by atoms with Crippen LogP contribution < -0.4 is 10.6 Å². The van der Waals surface area contributed by atoms with Crippen LogP contribution in [0.15, 0.2) is 34.7 Å². The van der Waals surface area contributed by atoms with Gasteiger partial charge in [0, 0.05) is 24.0 Å². The number of nitrogens with zero attached hydrogens (tertiary/aromatic N) is 2. The van der Waals surface area contributed by atoms with Gasteiger partial charge in [-0.25, -0.2) is 0 Å². The van der Waals surface area contributed by atoms with E-state index in [0.717, 1.165) is 49.3 Å². The molecule has 2 amide bonds. The molecule has 0 aliphatic carbocycles. The minimum atomic E-state index is -0.219. The quantitative estimate of drug-likeness (QED) is 0.760. The number of hydrogen-bond donors (Lipinski definition) is 2. The summed E-state index contributed by atoms with van der Waals surface area (Å²) in [4.78, 5) is 29.1.